The molecule has 0 bridgehead atoms. The number of hydrogen-bond acceptors (Lipinski definition) is 4. The Morgan fingerprint density at radius 2 is 2.27 bits per heavy atom. The summed E-state index contributed by atoms with van der Waals surface area (Å²) in [5, 5.41) is 21.8. The van der Waals surface area contributed by atoms with Crippen molar-refractivity contribution in [2.24, 2.45) is 0 Å². The molecule has 0 saturated carbocycles. The Labute approximate surface area is 91.9 Å². The van der Waals surface area contributed by atoms with Crippen molar-refractivity contribution >= 4 is 23.3 Å². The highest BCUT2D eigenvalue weighted by Crippen LogP contribution is 2.09. The third kappa shape index (κ3) is 4.24. The second-order valence-corrected chi connectivity index (χ2v) is 3.90. The maximum absolute atomic E-state index is 11.3. The molecule has 0 aromatic carbocycles. The van der Waals surface area contributed by atoms with Gasteiger partial charge in [0.05, 0.1) is 19.3 Å². The molecule has 0 saturated heterocycles. The van der Waals surface area contributed by atoms with Gasteiger partial charge in [-0.25, -0.2) is 0 Å². The number of nitrogens with one attached hydrogen (secondary N) is 1. The number of hydrogen-bond donors (Lipinski definition) is 3. The van der Waals surface area contributed by atoms with Crippen LogP contribution in [0.15, 0.2) is 23.6 Å². The minimum atomic E-state index is -0.592. The van der Waals surface area contributed by atoms with Gasteiger partial charge in [0.15, 0.2) is 0 Å². The average Bonchev–Trinajstić information content (AvgIpc) is 2.75. The van der Waals surface area contributed by atoms with Crippen LogP contribution in [0, 0.1) is 0 Å². The van der Waals surface area contributed by atoms with Gasteiger partial charge in [0.25, 0.3) is 0 Å². The number of carbonyl (C=O) groups excluding carboxylic acids is 1. The number of carbonyl (C=O) groups is 1. The molecule has 0 unspecified atom stereocenters. The van der Waals surface area contributed by atoms with Crippen LogP contribution in [0.2, 0.25) is 0 Å². The number of aliphatic hydroxyl groups excluding tert-OH is 2. The lowest BCUT2D eigenvalue weighted by Crippen LogP contribution is -2.39. The normalized spacial score (nSPS) is 11.1. The third-order valence-corrected chi connectivity index (χ3v) is 2.57. The number of aliphatic hydroxyl groups is 2. The van der Waals surface area contributed by atoms with Gasteiger partial charge in [-0.3, -0.25) is 4.79 Å². The summed E-state index contributed by atoms with van der Waals surface area (Å²) in [5.41, 5.74) is 0. The lowest BCUT2D eigenvalue weighted by molar-refractivity contribution is -0.117. The molecule has 4 nitrogen and oxygen atoms in total. The fraction of sp³-hybridized carbons (Fsp3) is 0.300. The SMILES string of the molecule is O=C(C=Cc1cccs1)NC(CO)CO. The molecule has 1 aromatic rings. The molecule has 0 aliphatic carbocycles. The number of amides is 1. The van der Waals surface area contributed by atoms with E-state index in [2.05, 4.69) is 5.32 Å². The highest BCUT2D eigenvalue weighted by molar-refractivity contribution is 7.10. The first-order valence-corrected chi connectivity index (χ1v) is 5.38. The van der Waals surface area contributed by atoms with E-state index >= 15 is 0 Å². The smallest absolute Gasteiger partial charge is 0.244 e. The molecule has 0 aliphatic heterocycles. The molecule has 0 aliphatic rings. The van der Waals surface area contributed by atoms with E-state index in [9.17, 15) is 4.79 Å². The van der Waals surface area contributed by atoms with Crippen LogP contribution >= 0.6 is 11.3 Å². The monoisotopic (exact) mass is 227 g/mol. The summed E-state index contributed by atoms with van der Waals surface area (Å²) < 4.78 is 0. The van der Waals surface area contributed by atoms with Crippen molar-refractivity contribution in [3.8, 4) is 0 Å². The van der Waals surface area contributed by atoms with Crippen LogP contribution in [0.1, 0.15) is 4.88 Å². The standard InChI is InChI=1S/C10H13NO3S/c12-6-8(7-13)11-10(14)4-3-9-2-1-5-15-9/h1-5,8,12-13H,6-7H2,(H,11,14). The molecule has 0 radical (unpaired) electrons. The molecule has 0 fully saturated rings. The van der Waals surface area contributed by atoms with Crippen molar-refractivity contribution in [1.82, 2.24) is 5.32 Å². The van der Waals surface area contributed by atoms with E-state index in [1.165, 1.54) is 17.4 Å². The fourth-order valence-electron chi connectivity index (χ4n) is 0.942. The topological polar surface area (TPSA) is 69.6 Å². The summed E-state index contributed by atoms with van der Waals surface area (Å²) in [5.74, 6) is -0.323. The zero-order chi connectivity index (χ0) is 11.1. The Morgan fingerprint density at radius 1 is 1.53 bits per heavy atom. The molecule has 1 rings (SSSR count). The molecule has 1 aromatic heterocycles. The zero-order valence-electron chi connectivity index (χ0n) is 8.09. The van der Waals surface area contributed by atoms with Crippen LogP contribution in [0.25, 0.3) is 6.08 Å². The summed E-state index contributed by atoms with van der Waals surface area (Å²) >= 11 is 1.53. The first kappa shape index (κ1) is 11.9. The molecule has 15 heavy (non-hydrogen) atoms. The van der Waals surface area contributed by atoms with E-state index in [0.29, 0.717) is 0 Å². The Morgan fingerprint density at radius 3 is 2.80 bits per heavy atom. The Kier molecular flexibility index (Phi) is 5.03. The Hall–Kier alpha value is -1.17. The van der Waals surface area contributed by atoms with Gasteiger partial charge in [-0.05, 0) is 17.5 Å². The van der Waals surface area contributed by atoms with Gasteiger partial charge in [0.1, 0.15) is 0 Å². The number of thiophene rings is 1. The van der Waals surface area contributed by atoms with E-state index in [1.807, 2.05) is 17.5 Å². The first-order chi connectivity index (χ1) is 7.26. The van der Waals surface area contributed by atoms with Crippen LogP contribution < -0.4 is 5.32 Å². The van der Waals surface area contributed by atoms with Crippen molar-refractivity contribution in [2.45, 2.75) is 6.04 Å². The third-order valence-electron chi connectivity index (χ3n) is 1.73. The van der Waals surface area contributed by atoms with Crippen molar-refractivity contribution in [2.75, 3.05) is 13.2 Å². The second-order valence-electron chi connectivity index (χ2n) is 2.92. The van der Waals surface area contributed by atoms with Crippen LogP contribution in [0.5, 0.6) is 0 Å². The van der Waals surface area contributed by atoms with Crippen LogP contribution in [-0.4, -0.2) is 35.4 Å². The number of rotatable bonds is 5. The molecule has 5 heteroatoms. The highest BCUT2D eigenvalue weighted by Gasteiger charge is 2.06. The Bertz CT molecular complexity index is 317. The minimum absolute atomic E-state index is 0.269. The van der Waals surface area contributed by atoms with E-state index < -0.39 is 6.04 Å². The highest BCUT2D eigenvalue weighted by atomic mass is 32.1. The molecular weight excluding hydrogens is 214 g/mol. The predicted octanol–water partition coefficient (Wildman–Crippen LogP) is 0.231. The molecule has 82 valence electrons. The van der Waals surface area contributed by atoms with Gasteiger partial charge >= 0.3 is 0 Å². The maximum Gasteiger partial charge on any atom is 0.244 e. The van der Waals surface area contributed by atoms with E-state index in [4.69, 9.17) is 10.2 Å². The zero-order valence-corrected chi connectivity index (χ0v) is 8.91. The Balaban J connectivity index is 2.42. The maximum atomic E-state index is 11.3. The van der Waals surface area contributed by atoms with Gasteiger partial charge in [-0.15, -0.1) is 11.3 Å². The van der Waals surface area contributed by atoms with Crippen LogP contribution in [0.3, 0.4) is 0 Å². The van der Waals surface area contributed by atoms with Gasteiger partial charge in [-0.1, -0.05) is 6.07 Å². The average molecular weight is 227 g/mol. The predicted molar refractivity (Wildman–Crippen MR) is 59.5 cm³/mol. The van der Waals surface area contributed by atoms with Crippen LogP contribution in [-0.2, 0) is 4.79 Å². The summed E-state index contributed by atoms with van der Waals surface area (Å²) in [6, 6.07) is 3.20. The van der Waals surface area contributed by atoms with Crippen molar-refractivity contribution in [3.63, 3.8) is 0 Å². The van der Waals surface area contributed by atoms with Crippen LogP contribution in [0.4, 0.5) is 0 Å². The quantitative estimate of drug-likeness (QED) is 0.631. The van der Waals surface area contributed by atoms with Crippen molar-refractivity contribution in [3.05, 3.63) is 28.5 Å². The van der Waals surface area contributed by atoms with Gasteiger partial charge in [0.2, 0.25) is 5.91 Å². The summed E-state index contributed by atoms with van der Waals surface area (Å²) in [7, 11) is 0. The van der Waals surface area contributed by atoms with Gasteiger partial charge < -0.3 is 15.5 Å². The molecule has 1 amide bonds. The summed E-state index contributed by atoms with van der Waals surface area (Å²) in [4.78, 5) is 12.2. The van der Waals surface area contributed by atoms with Gasteiger partial charge in [-0.2, -0.15) is 0 Å². The lowest BCUT2D eigenvalue weighted by atomic mass is 10.3. The first-order valence-electron chi connectivity index (χ1n) is 4.50. The minimum Gasteiger partial charge on any atom is -0.394 e. The van der Waals surface area contributed by atoms with E-state index in [-0.39, 0.29) is 19.1 Å². The summed E-state index contributed by atoms with van der Waals surface area (Å²) in [6.45, 7) is -0.538. The molecular formula is C10H13NO3S. The second kappa shape index (κ2) is 6.34. The largest absolute Gasteiger partial charge is 0.394 e. The van der Waals surface area contributed by atoms with E-state index in [1.54, 1.807) is 6.08 Å². The summed E-state index contributed by atoms with van der Waals surface area (Å²) in [6.07, 6.45) is 3.07. The van der Waals surface area contributed by atoms with Gasteiger partial charge in [0, 0.05) is 11.0 Å². The van der Waals surface area contributed by atoms with Crippen molar-refractivity contribution in [1.29, 1.82) is 0 Å². The molecule has 0 spiro atoms. The van der Waals surface area contributed by atoms with Crippen molar-refractivity contribution < 1.29 is 15.0 Å². The molecule has 0 atom stereocenters. The molecule has 1 heterocycles. The fourth-order valence-corrected chi connectivity index (χ4v) is 1.56. The van der Waals surface area contributed by atoms with E-state index in [0.717, 1.165) is 4.88 Å². The lowest BCUT2D eigenvalue weighted by Gasteiger charge is -2.10. The molecule has 3 N–H and O–H groups in total.